The van der Waals surface area contributed by atoms with Gasteiger partial charge in [0.2, 0.25) is 4.77 Å². The molecule has 0 saturated heterocycles. The van der Waals surface area contributed by atoms with Crippen LogP contribution < -0.4 is 0 Å². The molecule has 0 aliphatic heterocycles. The number of H-pyrrole nitrogens is 3. The van der Waals surface area contributed by atoms with Crippen LogP contribution in [0.1, 0.15) is 29.7 Å². The van der Waals surface area contributed by atoms with Crippen molar-refractivity contribution in [2.45, 2.75) is 49.1 Å². The average molecular weight is 732 g/mol. The number of aromatic amines is 3. The van der Waals surface area contributed by atoms with Crippen molar-refractivity contribution in [2.75, 3.05) is 42.7 Å². The van der Waals surface area contributed by atoms with E-state index in [0.29, 0.717) is 10.7 Å². The Morgan fingerprint density at radius 2 is 1.20 bits per heavy atom. The van der Waals surface area contributed by atoms with Crippen molar-refractivity contribution in [3.8, 4) is 0 Å². The first-order chi connectivity index (χ1) is 21.8. The fraction of sp³-hybridized carbons (Fsp3) is 0.464. The average Bonchev–Trinajstić information content (AvgIpc) is 3.81. The second kappa shape index (κ2) is 23.1. The molecule has 0 unspecified atom stereocenters. The molecular formula is C28H46ClN7O6S2Si2. The normalized spacial score (nSPS) is 11.1. The zero-order chi connectivity index (χ0) is 33.0. The number of benzene rings is 2. The third-order valence-corrected chi connectivity index (χ3v) is 13.5. The highest BCUT2D eigenvalue weighted by atomic mass is 35.5. The van der Waals surface area contributed by atoms with Crippen molar-refractivity contribution < 1.29 is 26.6 Å². The summed E-state index contributed by atoms with van der Waals surface area (Å²) in [4.78, 5) is 4.09. The molecule has 2 aromatic heterocycles. The lowest BCUT2D eigenvalue weighted by Crippen LogP contribution is -2.43. The Labute approximate surface area is 288 Å². The maximum Gasteiger partial charge on any atom is 0.500 e. The number of aryl methyl sites for hydroxylation is 2. The van der Waals surface area contributed by atoms with Gasteiger partial charge in [-0.2, -0.15) is 10.3 Å². The van der Waals surface area contributed by atoms with E-state index in [9.17, 15) is 0 Å². The first-order valence-corrected chi connectivity index (χ1v) is 19.6. The fourth-order valence-electron chi connectivity index (χ4n) is 3.89. The molecule has 0 atom stereocenters. The minimum absolute atomic E-state index is 0. The summed E-state index contributed by atoms with van der Waals surface area (Å²) in [5, 5.41) is 19.0. The minimum Gasteiger partial charge on any atom is -0.377 e. The van der Waals surface area contributed by atoms with Crippen molar-refractivity contribution in [3.05, 3.63) is 81.9 Å². The van der Waals surface area contributed by atoms with Crippen molar-refractivity contribution in [1.29, 1.82) is 0 Å². The first kappa shape index (κ1) is 41.7. The Balaban J connectivity index is 0.000000390. The molecule has 4 aromatic rings. The molecular weight excluding hydrogens is 686 g/mol. The summed E-state index contributed by atoms with van der Waals surface area (Å²) in [5.74, 6) is 1.41. The molecule has 0 radical (unpaired) electrons. The molecule has 4 rings (SSSR count). The third-order valence-electron chi connectivity index (χ3n) is 6.63. The lowest BCUT2D eigenvalue weighted by Gasteiger charge is -2.24. The van der Waals surface area contributed by atoms with Crippen LogP contribution in [-0.2, 0) is 51.0 Å². The van der Waals surface area contributed by atoms with E-state index in [2.05, 4.69) is 84.4 Å². The lowest BCUT2D eigenvalue weighted by atomic mass is 10.1. The number of hydrogen-bond donors (Lipinski definition) is 3. The molecule has 0 bridgehead atoms. The summed E-state index contributed by atoms with van der Waals surface area (Å²) in [7, 11) is 4.89. The number of nitrogens with one attached hydrogen (secondary N) is 3. The van der Waals surface area contributed by atoms with Crippen LogP contribution in [0.15, 0.2) is 60.0 Å². The number of tetrazole rings is 1. The van der Waals surface area contributed by atoms with Gasteiger partial charge < -0.3 is 26.6 Å². The number of nitrogens with zero attached hydrogens (tertiary/aromatic N) is 4. The highest BCUT2D eigenvalue weighted by Gasteiger charge is 2.37. The number of aromatic nitrogens is 7. The van der Waals surface area contributed by atoms with Gasteiger partial charge in [0, 0.05) is 66.4 Å². The Morgan fingerprint density at radius 3 is 1.52 bits per heavy atom. The molecule has 0 fully saturated rings. The second-order valence-corrected chi connectivity index (χ2v) is 17.0. The molecule has 0 aliphatic carbocycles. The van der Waals surface area contributed by atoms with E-state index in [4.69, 9.17) is 38.2 Å². The van der Waals surface area contributed by atoms with E-state index in [1.807, 2.05) is 12.1 Å². The predicted molar refractivity (Wildman–Crippen MR) is 187 cm³/mol. The van der Waals surface area contributed by atoms with E-state index >= 15 is 0 Å². The molecule has 0 saturated carbocycles. The van der Waals surface area contributed by atoms with Crippen LogP contribution in [0.2, 0.25) is 12.1 Å². The van der Waals surface area contributed by atoms with Gasteiger partial charge in [-0.05, 0) is 47.3 Å². The van der Waals surface area contributed by atoms with Gasteiger partial charge in [0.15, 0.2) is 5.16 Å². The number of thioether (sulfide) groups is 1. The van der Waals surface area contributed by atoms with E-state index in [0.717, 1.165) is 41.4 Å². The summed E-state index contributed by atoms with van der Waals surface area (Å²) < 4.78 is 32.8. The van der Waals surface area contributed by atoms with Gasteiger partial charge in [-0.3, -0.25) is 10.2 Å². The van der Waals surface area contributed by atoms with Crippen molar-refractivity contribution in [3.63, 3.8) is 0 Å². The number of rotatable bonds is 16. The van der Waals surface area contributed by atoms with E-state index in [1.54, 1.807) is 54.4 Å². The number of hydrogen-bond acceptors (Lipinski definition) is 12. The van der Waals surface area contributed by atoms with Crippen molar-refractivity contribution >= 4 is 53.2 Å². The highest BCUT2D eigenvalue weighted by molar-refractivity contribution is 7.98. The van der Waals surface area contributed by atoms with E-state index in [-0.39, 0.29) is 7.43 Å². The summed E-state index contributed by atoms with van der Waals surface area (Å²) in [6.07, 6.45) is 3.27. The van der Waals surface area contributed by atoms with Crippen LogP contribution in [0.3, 0.4) is 0 Å². The number of alkyl halides is 1. The molecule has 0 spiro atoms. The summed E-state index contributed by atoms with van der Waals surface area (Å²) >= 11 is 11.9. The monoisotopic (exact) mass is 731 g/mol. The SMILES string of the molecule is C.CO[Si](CCc1ccc(CCl)cc1)(OC)OC.CO[Si](CCc1ccc(CSc2ncn[nH]2)cc1)(OC)OC.S=c1nn[nH][nH]1. The molecule has 256 valence electrons. The van der Waals surface area contributed by atoms with Crippen LogP contribution in [0.4, 0.5) is 0 Å². The Kier molecular flexibility index (Phi) is 21.0. The maximum absolute atomic E-state index is 5.74. The van der Waals surface area contributed by atoms with Crippen LogP contribution in [0.5, 0.6) is 0 Å². The van der Waals surface area contributed by atoms with Gasteiger partial charge in [-0.1, -0.05) is 78.0 Å². The van der Waals surface area contributed by atoms with Gasteiger partial charge >= 0.3 is 17.6 Å². The first-order valence-electron chi connectivity index (χ1n) is 13.8. The van der Waals surface area contributed by atoms with Gasteiger partial charge in [-0.15, -0.1) is 11.6 Å². The smallest absolute Gasteiger partial charge is 0.377 e. The number of halogens is 1. The third kappa shape index (κ3) is 14.6. The quantitative estimate of drug-likeness (QED) is 0.0547. The Morgan fingerprint density at radius 1 is 0.739 bits per heavy atom. The van der Waals surface area contributed by atoms with Crippen LogP contribution in [0, 0.1) is 4.77 Å². The molecule has 46 heavy (non-hydrogen) atoms. The molecule has 3 N–H and O–H groups in total. The highest BCUT2D eigenvalue weighted by Crippen LogP contribution is 2.21. The van der Waals surface area contributed by atoms with Crippen LogP contribution in [-0.4, -0.2) is 96.1 Å². The topological polar surface area (TPSA) is 154 Å². The van der Waals surface area contributed by atoms with Gasteiger partial charge in [0.05, 0.1) is 0 Å². The zero-order valence-corrected chi connectivity index (χ0v) is 30.8. The molecule has 2 heterocycles. The summed E-state index contributed by atoms with van der Waals surface area (Å²) in [5.41, 5.74) is 4.86. The second-order valence-electron chi connectivity index (χ2n) is 9.18. The van der Waals surface area contributed by atoms with Crippen LogP contribution >= 0.6 is 35.6 Å². The molecule has 2 aromatic carbocycles. The van der Waals surface area contributed by atoms with E-state index in [1.165, 1.54) is 23.0 Å². The van der Waals surface area contributed by atoms with Gasteiger partial charge in [0.1, 0.15) is 6.33 Å². The minimum atomic E-state index is -2.49. The maximum atomic E-state index is 5.74. The molecule has 0 amide bonds. The van der Waals surface area contributed by atoms with Crippen LogP contribution in [0.25, 0.3) is 0 Å². The Bertz CT molecular complexity index is 1330. The van der Waals surface area contributed by atoms with Gasteiger partial charge in [0.25, 0.3) is 0 Å². The molecule has 13 nitrogen and oxygen atoms in total. The van der Waals surface area contributed by atoms with Crippen molar-refractivity contribution in [2.24, 2.45) is 0 Å². The summed E-state index contributed by atoms with van der Waals surface area (Å²) in [6.45, 7) is 0. The Hall–Kier alpha value is -2.30. The zero-order valence-electron chi connectivity index (χ0n) is 26.4. The predicted octanol–water partition coefficient (Wildman–Crippen LogP) is 5.86. The largest absolute Gasteiger partial charge is 0.500 e. The molecule has 18 heteroatoms. The standard InChI is InChI=1S/C14H21N3O3SSi.C12H19ClO3Si.CH2N4S.CH4/c1-18-22(19-2,20-3)9-8-12-4-6-13(7-5-12)10-21-14-15-11-16-17-14;1-14-17(15-2,16-3)9-8-11-4-6-12(10-13)7-5-11;6-1-2-4-5-3-1;/h4-7,11H,8-10H2,1-3H3,(H,15,16,17);4-7H,8-10H2,1-3H3;(H2,2,3,4,5,6);1H4. The fourth-order valence-corrected chi connectivity index (χ4v) is 8.30. The lowest BCUT2D eigenvalue weighted by molar-refractivity contribution is 0.123. The molecule has 0 aliphatic rings. The van der Waals surface area contributed by atoms with Crippen molar-refractivity contribution in [1.82, 2.24) is 35.8 Å². The van der Waals surface area contributed by atoms with Gasteiger partial charge in [-0.25, -0.2) is 4.98 Å². The summed E-state index contributed by atoms with van der Waals surface area (Å²) in [6, 6.07) is 18.3. The van der Waals surface area contributed by atoms with E-state index < -0.39 is 17.6 Å².